The highest BCUT2D eigenvalue weighted by Gasteiger charge is 2.31. The second kappa shape index (κ2) is 7.89. The first-order chi connectivity index (χ1) is 12.4. The van der Waals surface area contributed by atoms with Gasteiger partial charge >= 0.3 is 0 Å². The number of ether oxygens (including phenoxy) is 1. The second-order valence-corrected chi connectivity index (χ2v) is 10.0. The molecule has 2 heterocycles. The highest BCUT2D eigenvalue weighted by molar-refractivity contribution is 7.90. The molecule has 26 heavy (non-hydrogen) atoms. The zero-order chi connectivity index (χ0) is 18.7. The molecule has 3 rings (SSSR count). The molecule has 1 fully saturated rings. The number of benzene rings is 1. The van der Waals surface area contributed by atoms with Crippen molar-refractivity contribution in [3.8, 4) is 16.5 Å². The minimum absolute atomic E-state index is 0.0873. The molecule has 2 unspecified atom stereocenters. The molecule has 2 atom stereocenters. The Bertz CT molecular complexity index is 896. The lowest BCUT2D eigenvalue weighted by atomic mass is 9.87. The van der Waals surface area contributed by atoms with Gasteiger partial charge in [-0.15, -0.1) is 11.3 Å². The number of rotatable bonds is 5. The van der Waals surface area contributed by atoms with E-state index < -0.39 is 15.3 Å². The summed E-state index contributed by atoms with van der Waals surface area (Å²) in [4.78, 5) is 1.74. The molecular formula is C19H22N2O3S2. The predicted molar refractivity (Wildman–Crippen MR) is 104 cm³/mol. The number of sulfonamides is 1. The third-order valence-electron chi connectivity index (χ3n) is 4.63. The molecule has 0 bridgehead atoms. The van der Waals surface area contributed by atoms with Crippen LogP contribution < -0.4 is 4.72 Å². The van der Waals surface area contributed by atoms with E-state index in [0.29, 0.717) is 18.1 Å². The number of nitriles is 1. The Morgan fingerprint density at radius 2 is 1.96 bits per heavy atom. The van der Waals surface area contributed by atoms with Gasteiger partial charge in [0.2, 0.25) is 10.0 Å². The second-order valence-electron chi connectivity index (χ2n) is 6.69. The van der Waals surface area contributed by atoms with Crippen LogP contribution in [0.3, 0.4) is 0 Å². The van der Waals surface area contributed by atoms with Crippen LogP contribution in [0.5, 0.6) is 0 Å². The summed E-state index contributed by atoms with van der Waals surface area (Å²) >= 11 is 1.47. The fourth-order valence-electron chi connectivity index (χ4n) is 3.05. The van der Waals surface area contributed by atoms with E-state index >= 15 is 0 Å². The summed E-state index contributed by atoms with van der Waals surface area (Å²) in [6.45, 7) is 4.36. The lowest BCUT2D eigenvalue weighted by molar-refractivity contribution is 0.0644. The van der Waals surface area contributed by atoms with Crippen molar-refractivity contribution in [1.29, 1.82) is 5.26 Å². The Morgan fingerprint density at radius 3 is 2.58 bits per heavy atom. The number of hydrogen-bond acceptors (Lipinski definition) is 5. The molecule has 5 nitrogen and oxygen atoms in total. The molecule has 0 radical (unpaired) electrons. The number of thiophene rings is 1. The maximum atomic E-state index is 12.3. The van der Waals surface area contributed by atoms with Crippen LogP contribution in [0.25, 0.3) is 10.4 Å². The number of nitrogens with one attached hydrogen (secondary N) is 1. The molecule has 1 saturated heterocycles. The largest absolute Gasteiger partial charge is 0.380 e. The molecule has 7 heteroatoms. The average molecular weight is 391 g/mol. The van der Waals surface area contributed by atoms with E-state index in [1.54, 1.807) is 13.8 Å². The van der Waals surface area contributed by atoms with Crippen molar-refractivity contribution in [3.05, 3.63) is 46.8 Å². The van der Waals surface area contributed by atoms with Gasteiger partial charge in [-0.25, -0.2) is 13.1 Å². The van der Waals surface area contributed by atoms with Crippen LogP contribution >= 0.6 is 11.3 Å². The predicted octanol–water partition coefficient (Wildman–Crippen LogP) is 3.49. The van der Waals surface area contributed by atoms with E-state index in [0.717, 1.165) is 22.4 Å². The molecule has 0 amide bonds. The lowest BCUT2D eigenvalue weighted by Crippen LogP contribution is -2.47. The van der Waals surface area contributed by atoms with Crippen LogP contribution in [0.2, 0.25) is 0 Å². The normalized spacial score (nSPS) is 20.8. The first-order valence-electron chi connectivity index (χ1n) is 8.60. The van der Waals surface area contributed by atoms with Gasteiger partial charge in [0.05, 0.1) is 17.9 Å². The maximum absolute atomic E-state index is 12.3. The molecule has 1 aliphatic rings. The Balaban J connectivity index is 1.81. The average Bonchev–Trinajstić information content (AvgIpc) is 3.11. The van der Waals surface area contributed by atoms with Gasteiger partial charge in [-0.1, -0.05) is 24.3 Å². The summed E-state index contributed by atoms with van der Waals surface area (Å²) in [7, 11) is -3.35. The summed E-state index contributed by atoms with van der Waals surface area (Å²) in [5.74, 6) is 0.0873. The standard InChI is InChI=1S/C19H22N2O3S2/c1-13(2)26(22,23)21-18-12-24-10-9-17(18)14-3-5-15(6-4-14)19-8-7-16(11-20)25-19/h3-8,13,17-18,21H,9-10,12H2,1-2H3. The molecule has 0 aliphatic carbocycles. The van der Waals surface area contributed by atoms with Crippen molar-refractivity contribution in [2.24, 2.45) is 0 Å². The summed E-state index contributed by atoms with van der Waals surface area (Å²) in [6, 6.07) is 13.8. The SMILES string of the molecule is CC(C)S(=O)(=O)NC1COCCC1c1ccc(-c2ccc(C#N)s2)cc1. The molecule has 0 spiro atoms. The molecular weight excluding hydrogens is 368 g/mol. The highest BCUT2D eigenvalue weighted by atomic mass is 32.2. The molecule has 1 aromatic heterocycles. The quantitative estimate of drug-likeness (QED) is 0.848. The van der Waals surface area contributed by atoms with Gasteiger partial charge in [-0.05, 0) is 43.5 Å². The third-order valence-corrected chi connectivity index (χ3v) is 7.54. The van der Waals surface area contributed by atoms with Crippen LogP contribution in [0.15, 0.2) is 36.4 Å². The summed E-state index contributed by atoms with van der Waals surface area (Å²) in [5, 5.41) is 8.49. The summed E-state index contributed by atoms with van der Waals surface area (Å²) in [6.07, 6.45) is 0.780. The molecule has 1 aromatic carbocycles. The Kier molecular flexibility index (Phi) is 5.78. The molecule has 138 valence electrons. The Hall–Kier alpha value is -1.72. The number of hydrogen-bond donors (Lipinski definition) is 1. The van der Waals surface area contributed by atoms with E-state index in [4.69, 9.17) is 10.00 Å². The Labute approximate surface area is 158 Å². The zero-order valence-electron chi connectivity index (χ0n) is 14.8. The summed E-state index contributed by atoms with van der Waals surface area (Å²) in [5.41, 5.74) is 2.16. The number of nitrogens with zero attached hydrogens (tertiary/aromatic N) is 1. The van der Waals surface area contributed by atoms with Crippen molar-refractivity contribution < 1.29 is 13.2 Å². The van der Waals surface area contributed by atoms with Crippen molar-refractivity contribution in [2.75, 3.05) is 13.2 Å². The van der Waals surface area contributed by atoms with Crippen LogP contribution in [0, 0.1) is 11.3 Å². The lowest BCUT2D eigenvalue weighted by Gasteiger charge is -2.33. The van der Waals surface area contributed by atoms with Gasteiger partial charge in [0.25, 0.3) is 0 Å². The van der Waals surface area contributed by atoms with E-state index in [9.17, 15) is 8.42 Å². The zero-order valence-corrected chi connectivity index (χ0v) is 16.4. The summed E-state index contributed by atoms with van der Waals surface area (Å²) < 4.78 is 32.8. The first kappa shape index (κ1) is 19.1. The van der Waals surface area contributed by atoms with Crippen molar-refractivity contribution in [2.45, 2.75) is 37.5 Å². The van der Waals surface area contributed by atoms with E-state index in [1.165, 1.54) is 11.3 Å². The van der Waals surface area contributed by atoms with Crippen LogP contribution in [0.4, 0.5) is 0 Å². The maximum Gasteiger partial charge on any atom is 0.214 e. The van der Waals surface area contributed by atoms with Crippen molar-refractivity contribution in [3.63, 3.8) is 0 Å². The fourth-order valence-corrected chi connectivity index (χ4v) is 4.78. The Morgan fingerprint density at radius 1 is 1.23 bits per heavy atom. The van der Waals surface area contributed by atoms with Gasteiger partial charge in [-0.3, -0.25) is 0 Å². The van der Waals surface area contributed by atoms with Gasteiger partial charge in [0, 0.05) is 17.4 Å². The molecule has 1 aliphatic heterocycles. The van der Waals surface area contributed by atoms with Crippen LogP contribution in [0.1, 0.15) is 36.6 Å². The van der Waals surface area contributed by atoms with Gasteiger partial charge in [0.1, 0.15) is 10.9 Å². The first-order valence-corrected chi connectivity index (χ1v) is 11.0. The van der Waals surface area contributed by atoms with E-state index in [-0.39, 0.29) is 12.0 Å². The third kappa shape index (κ3) is 4.15. The van der Waals surface area contributed by atoms with Crippen molar-refractivity contribution in [1.82, 2.24) is 4.72 Å². The van der Waals surface area contributed by atoms with Gasteiger partial charge in [0.15, 0.2) is 0 Å². The smallest absolute Gasteiger partial charge is 0.214 e. The fraction of sp³-hybridized carbons (Fsp3) is 0.421. The van der Waals surface area contributed by atoms with Gasteiger partial charge < -0.3 is 4.74 Å². The van der Waals surface area contributed by atoms with Gasteiger partial charge in [-0.2, -0.15) is 5.26 Å². The van der Waals surface area contributed by atoms with Crippen LogP contribution in [-0.2, 0) is 14.8 Å². The topological polar surface area (TPSA) is 79.2 Å². The van der Waals surface area contributed by atoms with Crippen molar-refractivity contribution >= 4 is 21.4 Å². The molecule has 2 aromatic rings. The van der Waals surface area contributed by atoms with Crippen LogP contribution in [-0.4, -0.2) is 32.9 Å². The minimum atomic E-state index is -3.35. The highest BCUT2D eigenvalue weighted by Crippen LogP contribution is 2.32. The van der Waals surface area contributed by atoms with E-state index in [1.807, 2.05) is 36.4 Å². The molecule has 1 N–H and O–H groups in total. The minimum Gasteiger partial charge on any atom is -0.380 e. The molecule has 0 saturated carbocycles. The monoisotopic (exact) mass is 390 g/mol. The van der Waals surface area contributed by atoms with E-state index in [2.05, 4.69) is 10.8 Å².